The fraction of sp³-hybridized carbons (Fsp3) is 0.324. The number of carbonyl (C=O) groups excluding carboxylic acids is 2. The Morgan fingerprint density at radius 2 is 1.66 bits per heavy atom. The second kappa shape index (κ2) is 16.9. The fourth-order valence-corrected chi connectivity index (χ4v) is 5.18. The zero-order chi connectivity index (χ0) is 33.9. The maximum absolute atomic E-state index is 13.1. The number of esters is 1. The minimum Gasteiger partial charge on any atom is -0.494 e. The maximum Gasteiger partial charge on any atom is 0.338 e. The van der Waals surface area contributed by atoms with E-state index < -0.39 is 17.6 Å². The molecule has 47 heavy (non-hydrogen) atoms. The lowest BCUT2D eigenvalue weighted by molar-refractivity contribution is 0.0526. The Bertz CT molecular complexity index is 1760. The largest absolute Gasteiger partial charge is 0.494 e. The number of aryl methyl sites for hydroxylation is 1. The Kier molecular flexibility index (Phi) is 12.7. The molecule has 2 amide bonds. The molecule has 11 nitrogen and oxygen atoms in total. The topological polar surface area (TPSA) is 128 Å². The van der Waals surface area contributed by atoms with Crippen molar-refractivity contribution in [3.8, 4) is 28.1 Å². The molecule has 0 aliphatic carbocycles. The zero-order valence-corrected chi connectivity index (χ0v) is 28.3. The molecule has 248 valence electrons. The third-order valence-corrected chi connectivity index (χ3v) is 7.61. The SMILES string of the molecule is CCOC(=O)c1cc(OCCCCCN(C)C)cc(-c2cccc(-c3cc(NC(=O)Nc4c(Cl)cncc4Cl)c(=O)n(CC)n3)c2)c1. The van der Waals surface area contributed by atoms with E-state index in [1.54, 1.807) is 26.0 Å². The minimum absolute atomic E-state index is 0.00614. The number of nitrogens with zero attached hydrogens (tertiary/aromatic N) is 4. The highest BCUT2D eigenvalue weighted by Crippen LogP contribution is 2.31. The Morgan fingerprint density at radius 1 is 0.915 bits per heavy atom. The molecular formula is C34H38Cl2N6O5. The zero-order valence-electron chi connectivity index (χ0n) is 26.8. The summed E-state index contributed by atoms with van der Waals surface area (Å²) in [5.41, 5.74) is 2.71. The van der Waals surface area contributed by atoms with Crippen molar-refractivity contribution in [2.45, 2.75) is 39.7 Å². The molecule has 2 heterocycles. The van der Waals surface area contributed by atoms with Gasteiger partial charge in [-0.1, -0.05) is 41.4 Å². The third-order valence-electron chi connectivity index (χ3n) is 7.04. The maximum atomic E-state index is 13.1. The van der Waals surface area contributed by atoms with E-state index in [-0.39, 0.29) is 34.6 Å². The highest BCUT2D eigenvalue weighted by atomic mass is 35.5. The van der Waals surface area contributed by atoms with Crippen molar-refractivity contribution in [3.63, 3.8) is 0 Å². The Morgan fingerprint density at radius 3 is 2.36 bits per heavy atom. The van der Waals surface area contributed by atoms with Crippen LogP contribution in [0.3, 0.4) is 0 Å². The van der Waals surface area contributed by atoms with Crippen molar-refractivity contribution in [2.24, 2.45) is 0 Å². The number of hydrogen-bond acceptors (Lipinski definition) is 8. The molecule has 0 aliphatic heterocycles. The number of halogens is 2. The van der Waals surface area contributed by atoms with E-state index in [1.807, 2.05) is 30.3 Å². The lowest BCUT2D eigenvalue weighted by Gasteiger charge is -2.14. The lowest BCUT2D eigenvalue weighted by atomic mass is 9.99. The lowest BCUT2D eigenvalue weighted by Crippen LogP contribution is -2.29. The minimum atomic E-state index is -0.716. The van der Waals surface area contributed by atoms with Crippen molar-refractivity contribution in [1.82, 2.24) is 19.7 Å². The highest BCUT2D eigenvalue weighted by molar-refractivity contribution is 6.39. The van der Waals surface area contributed by atoms with E-state index >= 15 is 0 Å². The van der Waals surface area contributed by atoms with Gasteiger partial charge in [-0.05, 0) is 95.2 Å². The van der Waals surface area contributed by atoms with E-state index in [1.165, 1.54) is 23.1 Å². The second-order valence-corrected chi connectivity index (χ2v) is 11.7. The summed E-state index contributed by atoms with van der Waals surface area (Å²) in [6, 6.07) is 13.6. The predicted molar refractivity (Wildman–Crippen MR) is 186 cm³/mol. The van der Waals surface area contributed by atoms with Gasteiger partial charge in [0.1, 0.15) is 11.4 Å². The van der Waals surface area contributed by atoms with E-state index in [0.717, 1.165) is 36.9 Å². The van der Waals surface area contributed by atoms with Crippen LogP contribution in [-0.2, 0) is 11.3 Å². The monoisotopic (exact) mass is 680 g/mol. The molecule has 2 aromatic heterocycles. The first kappa shape index (κ1) is 35.4. The Labute approximate surface area is 283 Å². The molecule has 0 aliphatic rings. The third kappa shape index (κ3) is 9.77. The van der Waals surface area contributed by atoms with Gasteiger partial charge in [-0.2, -0.15) is 5.10 Å². The normalized spacial score (nSPS) is 11.0. The van der Waals surface area contributed by atoms with Crippen LogP contribution < -0.4 is 20.9 Å². The summed E-state index contributed by atoms with van der Waals surface area (Å²) in [5.74, 6) is 0.120. The summed E-state index contributed by atoms with van der Waals surface area (Å²) < 4.78 is 12.6. The number of nitrogens with one attached hydrogen (secondary N) is 2. The molecule has 4 rings (SSSR count). The number of pyridine rings is 1. The number of hydrogen-bond donors (Lipinski definition) is 2. The average molecular weight is 682 g/mol. The number of rotatable bonds is 14. The number of aromatic nitrogens is 3. The molecular weight excluding hydrogens is 643 g/mol. The number of ether oxygens (including phenoxy) is 2. The quantitative estimate of drug-likeness (QED) is 0.105. The summed E-state index contributed by atoms with van der Waals surface area (Å²) in [6.07, 6.45) is 5.68. The Balaban J connectivity index is 1.62. The molecule has 0 fully saturated rings. The Hall–Kier alpha value is -4.45. The van der Waals surface area contributed by atoms with Crippen LogP contribution in [0.2, 0.25) is 10.0 Å². The molecule has 0 saturated heterocycles. The van der Waals surface area contributed by atoms with Crippen molar-refractivity contribution >= 4 is 46.6 Å². The molecule has 2 aromatic carbocycles. The molecule has 0 saturated carbocycles. The van der Waals surface area contributed by atoms with Crippen molar-refractivity contribution in [3.05, 3.63) is 86.9 Å². The van der Waals surface area contributed by atoms with Crippen molar-refractivity contribution in [2.75, 3.05) is 44.5 Å². The molecule has 0 atom stereocenters. The number of urea groups is 1. The smallest absolute Gasteiger partial charge is 0.338 e. The van der Waals surface area contributed by atoms with E-state index in [2.05, 4.69) is 39.7 Å². The summed E-state index contributed by atoms with van der Waals surface area (Å²) in [7, 11) is 4.11. The van der Waals surface area contributed by atoms with Crippen LogP contribution in [0, 0.1) is 0 Å². The molecule has 0 radical (unpaired) electrons. The number of carbonyl (C=O) groups is 2. The highest BCUT2D eigenvalue weighted by Gasteiger charge is 2.16. The predicted octanol–water partition coefficient (Wildman–Crippen LogP) is 7.23. The van der Waals surface area contributed by atoms with Gasteiger partial charge in [0.25, 0.3) is 5.56 Å². The van der Waals surface area contributed by atoms with Gasteiger partial charge in [-0.15, -0.1) is 0 Å². The number of amides is 2. The van der Waals surface area contributed by atoms with Crippen molar-refractivity contribution < 1.29 is 19.1 Å². The molecule has 4 aromatic rings. The van der Waals surface area contributed by atoms with Crippen LogP contribution >= 0.6 is 23.2 Å². The van der Waals surface area contributed by atoms with Gasteiger partial charge in [-0.3, -0.25) is 9.78 Å². The second-order valence-electron chi connectivity index (χ2n) is 10.9. The molecule has 2 N–H and O–H groups in total. The van der Waals surface area contributed by atoms with Crippen LogP contribution in [0.4, 0.5) is 16.2 Å². The van der Waals surface area contributed by atoms with Gasteiger partial charge in [-0.25, -0.2) is 14.3 Å². The first-order valence-corrected chi connectivity index (χ1v) is 16.0. The van der Waals surface area contributed by atoms with Crippen molar-refractivity contribution in [1.29, 1.82) is 0 Å². The van der Waals surface area contributed by atoms with Gasteiger partial charge in [0.15, 0.2) is 0 Å². The van der Waals surface area contributed by atoms with Gasteiger partial charge < -0.3 is 25.0 Å². The van der Waals surface area contributed by atoms with Crippen LogP contribution in [0.15, 0.2) is 65.7 Å². The summed E-state index contributed by atoms with van der Waals surface area (Å²) in [4.78, 5) is 44.7. The molecule has 0 bridgehead atoms. The molecule has 0 unspecified atom stereocenters. The first-order chi connectivity index (χ1) is 22.6. The van der Waals surface area contributed by atoms with Crippen LogP contribution in [0.5, 0.6) is 5.75 Å². The van der Waals surface area contributed by atoms with Crippen LogP contribution in [-0.4, -0.2) is 65.5 Å². The van der Waals surface area contributed by atoms with E-state index in [4.69, 9.17) is 32.7 Å². The first-order valence-electron chi connectivity index (χ1n) is 15.3. The van der Waals surface area contributed by atoms with Gasteiger partial charge in [0.2, 0.25) is 0 Å². The van der Waals surface area contributed by atoms with Gasteiger partial charge in [0, 0.05) is 24.5 Å². The average Bonchev–Trinajstić information content (AvgIpc) is 3.05. The van der Waals surface area contributed by atoms with Gasteiger partial charge >= 0.3 is 12.0 Å². The number of unbranched alkanes of at least 4 members (excludes halogenated alkanes) is 2. The molecule has 0 spiro atoms. The summed E-state index contributed by atoms with van der Waals surface area (Å²) in [5, 5.41) is 9.96. The van der Waals surface area contributed by atoms with Gasteiger partial charge in [0.05, 0.1) is 40.2 Å². The van der Waals surface area contributed by atoms with E-state index in [0.29, 0.717) is 29.2 Å². The number of benzene rings is 2. The standard InChI is InChI=1S/C34H38Cl2N6O5/c1-5-42-32(43)30(38-34(45)39-31-27(35)20-37-21-28(31)36)19-29(40-42)23-12-10-11-22(15-23)24-16-25(33(44)46-6-2)18-26(17-24)47-14-9-7-8-13-41(3)4/h10-12,15-21H,5-9,13-14H2,1-4H3,(H2,37,38,39,45). The fourth-order valence-electron chi connectivity index (χ4n) is 4.72. The summed E-state index contributed by atoms with van der Waals surface area (Å²) in [6.45, 7) is 5.58. The molecule has 13 heteroatoms. The van der Waals surface area contributed by atoms with Crippen LogP contribution in [0.25, 0.3) is 22.4 Å². The number of anilines is 2. The van der Waals surface area contributed by atoms with Crippen LogP contribution in [0.1, 0.15) is 43.5 Å². The van der Waals surface area contributed by atoms with E-state index in [9.17, 15) is 14.4 Å². The summed E-state index contributed by atoms with van der Waals surface area (Å²) >= 11 is 12.3.